The topological polar surface area (TPSA) is 61.3 Å². The first-order valence-corrected chi connectivity index (χ1v) is 10.8. The molecule has 0 fully saturated rings. The lowest BCUT2D eigenvalue weighted by Gasteiger charge is -2.11. The lowest BCUT2D eigenvalue weighted by atomic mass is 10.1. The van der Waals surface area contributed by atoms with Gasteiger partial charge in [-0.05, 0) is 50.5 Å². The molecule has 0 bridgehead atoms. The Hall–Kier alpha value is -2.27. The summed E-state index contributed by atoms with van der Waals surface area (Å²) in [6.45, 7) is 7.12. The largest absolute Gasteiger partial charge is 0.426 e. The van der Waals surface area contributed by atoms with Gasteiger partial charge in [-0.3, -0.25) is 14.8 Å². The fraction of sp³-hybridized carbons (Fsp3) is 0.542. The molecule has 0 aliphatic heterocycles. The molecule has 1 unspecified atom stereocenters. The van der Waals surface area contributed by atoms with Crippen molar-refractivity contribution >= 4 is 5.97 Å². The standard InChI is InChI=1S/C24H34N2O3/c1-4-6-7-8-9-10-21-16-26-23(17-25-21)20-11-13-22(14-12-20)29-24(27)19(3)18-28-15-5-2/h11-14,16-17,19H,4-10,15,18H2,1-3H3. The van der Waals surface area contributed by atoms with Gasteiger partial charge in [-0.25, -0.2) is 0 Å². The van der Waals surface area contributed by atoms with E-state index in [0.29, 0.717) is 19.0 Å². The number of unbranched alkanes of at least 4 members (excludes halogenated alkanes) is 4. The number of rotatable bonds is 13. The summed E-state index contributed by atoms with van der Waals surface area (Å²) >= 11 is 0. The third kappa shape index (κ3) is 8.32. The van der Waals surface area contributed by atoms with E-state index in [9.17, 15) is 4.79 Å². The molecule has 0 aliphatic carbocycles. The van der Waals surface area contributed by atoms with Crippen LogP contribution >= 0.6 is 0 Å². The second kappa shape index (κ2) is 13.0. The van der Waals surface area contributed by atoms with Crippen LogP contribution in [-0.2, 0) is 16.0 Å². The van der Waals surface area contributed by atoms with Crippen molar-refractivity contribution in [3.63, 3.8) is 0 Å². The zero-order valence-electron chi connectivity index (χ0n) is 18.0. The minimum absolute atomic E-state index is 0.281. The Balaban J connectivity index is 1.84. The van der Waals surface area contributed by atoms with Gasteiger partial charge in [0, 0.05) is 18.4 Å². The molecule has 1 atom stereocenters. The van der Waals surface area contributed by atoms with Crippen LogP contribution < -0.4 is 4.74 Å². The first-order chi connectivity index (χ1) is 14.1. The summed E-state index contributed by atoms with van der Waals surface area (Å²) in [6.07, 6.45) is 11.9. The van der Waals surface area contributed by atoms with Crippen molar-refractivity contribution in [3.05, 3.63) is 42.4 Å². The number of hydrogen-bond acceptors (Lipinski definition) is 5. The normalized spacial score (nSPS) is 12.0. The quantitative estimate of drug-likeness (QED) is 0.249. The molecule has 2 aromatic rings. The molecule has 0 aliphatic rings. The number of hydrogen-bond donors (Lipinski definition) is 0. The van der Waals surface area contributed by atoms with Crippen LogP contribution in [-0.4, -0.2) is 29.2 Å². The Bertz CT molecular complexity index is 714. The average molecular weight is 399 g/mol. The maximum Gasteiger partial charge on any atom is 0.316 e. The van der Waals surface area contributed by atoms with Crippen molar-refractivity contribution in [1.29, 1.82) is 0 Å². The molecule has 0 saturated carbocycles. The van der Waals surface area contributed by atoms with Crippen molar-refractivity contribution < 1.29 is 14.3 Å². The molecule has 0 saturated heterocycles. The molecule has 2 rings (SSSR count). The van der Waals surface area contributed by atoms with E-state index < -0.39 is 0 Å². The molecular formula is C24H34N2O3. The number of benzene rings is 1. The summed E-state index contributed by atoms with van der Waals surface area (Å²) in [5.41, 5.74) is 2.81. The van der Waals surface area contributed by atoms with Crippen LogP contribution in [0.15, 0.2) is 36.7 Å². The van der Waals surface area contributed by atoms with Crippen LogP contribution in [0.2, 0.25) is 0 Å². The van der Waals surface area contributed by atoms with Crippen LogP contribution in [0.25, 0.3) is 11.3 Å². The van der Waals surface area contributed by atoms with E-state index in [1.165, 1.54) is 25.7 Å². The highest BCUT2D eigenvalue weighted by Crippen LogP contribution is 2.21. The maximum absolute atomic E-state index is 12.1. The second-order valence-electron chi connectivity index (χ2n) is 7.48. The molecule has 0 amide bonds. The Morgan fingerprint density at radius 3 is 2.38 bits per heavy atom. The molecular weight excluding hydrogens is 364 g/mol. The number of ether oxygens (including phenoxy) is 2. The van der Waals surface area contributed by atoms with Gasteiger partial charge in [0.05, 0.1) is 30.1 Å². The summed E-state index contributed by atoms with van der Waals surface area (Å²) in [5.74, 6) is -0.0451. The van der Waals surface area contributed by atoms with Gasteiger partial charge in [0.2, 0.25) is 0 Å². The lowest BCUT2D eigenvalue weighted by molar-refractivity contribution is -0.140. The highest BCUT2D eigenvalue weighted by atomic mass is 16.5. The van der Waals surface area contributed by atoms with E-state index in [-0.39, 0.29) is 11.9 Å². The summed E-state index contributed by atoms with van der Waals surface area (Å²) < 4.78 is 10.8. The predicted octanol–water partition coefficient (Wildman–Crippen LogP) is 5.62. The van der Waals surface area contributed by atoms with Crippen LogP contribution in [0.1, 0.15) is 65.0 Å². The van der Waals surface area contributed by atoms with E-state index in [1.807, 2.05) is 38.4 Å². The second-order valence-corrected chi connectivity index (χ2v) is 7.48. The fourth-order valence-electron chi connectivity index (χ4n) is 2.93. The summed E-state index contributed by atoms with van der Waals surface area (Å²) in [7, 11) is 0. The molecule has 158 valence electrons. The van der Waals surface area contributed by atoms with E-state index >= 15 is 0 Å². The molecule has 5 nitrogen and oxygen atoms in total. The Morgan fingerprint density at radius 1 is 0.966 bits per heavy atom. The molecule has 29 heavy (non-hydrogen) atoms. The van der Waals surface area contributed by atoms with Crippen molar-refractivity contribution in [3.8, 4) is 17.0 Å². The van der Waals surface area contributed by atoms with Crippen LogP contribution in [0.4, 0.5) is 0 Å². The molecule has 0 spiro atoms. The van der Waals surface area contributed by atoms with E-state index in [1.54, 1.807) is 12.1 Å². The zero-order chi connectivity index (χ0) is 20.9. The van der Waals surface area contributed by atoms with Crippen LogP contribution in [0.3, 0.4) is 0 Å². The minimum Gasteiger partial charge on any atom is -0.426 e. The van der Waals surface area contributed by atoms with Gasteiger partial charge in [0.1, 0.15) is 5.75 Å². The van der Waals surface area contributed by atoms with Gasteiger partial charge in [-0.1, -0.05) is 39.5 Å². The van der Waals surface area contributed by atoms with Gasteiger partial charge in [0.25, 0.3) is 0 Å². The molecule has 0 N–H and O–H groups in total. The van der Waals surface area contributed by atoms with Crippen molar-refractivity contribution in [2.24, 2.45) is 5.92 Å². The molecule has 1 heterocycles. The van der Waals surface area contributed by atoms with Crippen molar-refractivity contribution in [1.82, 2.24) is 9.97 Å². The van der Waals surface area contributed by atoms with Crippen LogP contribution in [0, 0.1) is 5.92 Å². The van der Waals surface area contributed by atoms with Gasteiger partial charge in [0.15, 0.2) is 0 Å². The summed E-state index contributed by atoms with van der Waals surface area (Å²) in [4.78, 5) is 21.2. The third-order valence-electron chi connectivity index (χ3n) is 4.73. The fourth-order valence-corrected chi connectivity index (χ4v) is 2.93. The van der Waals surface area contributed by atoms with Crippen molar-refractivity contribution in [2.45, 2.75) is 65.7 Å². The van der Waals surface area contributed by atoms with E-state index in [0.717, 1.165) is 36.2 Å². The van der Waals surface area contributed by atoms with Gasteiger partial charge < -0.3 is 9.47 Å². The summed E-state index contributed by atoms with van der Waals surface area (Å²) in [5, 5.41) is 0. The zero-order valence-corrected chi connectivity index (χ0v) is 18.0. The monoisotopic (exact) mass is 398 g/mol. The minimum atomic E-state index is -0.290. The summed E-state index contributed by atoms with van der Waals surface area (Å²) in [6, 6.07) is 7.37. The van der Waals surface area contributed by atoms with E-state index in [4.69, 9.17) is 9.47 Å². The Kier molecular flexibility index (Phi) is 10.4. The van der Waals surface area contributed by atoms with Crippen LogP contribution in [0.5, 0.6) is 5.75 Å². The molecule has 0 radical (unpaired) electrons. The molecule has 1 aromatic carbocycles. The third-order valence-corrected chi connectivity index (χ3v) is 4.73. The Labute approximate surface area is 174 Å². The maximum atomic E-state index is 12.1. The number of carbonyl (C=O) groups excluding carboxylic acids is 1. The van der Waals surface area contributed by atoms with Gasteiger partial charge >= 0.3 is 5.97 Å². The number of aryl methyl sites for hydroxylation is 1. The highest BCUT2D eigenvalue weighted by molar-refractivity contribution is 5.75. The number of aromatic nitrogens is 2. The first kappa shape index (κ1) is 23.0. The highest BCUT2D eigenvalue weighted by Gasteiger charge is 2.15. The Morgan fingerprint density at radius 2 is 1.72 bits per heavy atom. The smallest absolute Gasteiger partial charge is 0.316 e. The number of carbonyl (C=O) groups is 1. The first-order valence-electron chi connectivity index (χ1n) is 10.8. The van der Waals surface area contributed by atoms with Gasteiger partial charge in [-0.2, -0.15) is 0 Å². The number of esters is 1. The molecule has 5 heteroatoms. The average Bonchev–Trinajstić information content (AvgIpc) is 2.75. The number of nitrogens with zero attached hydrogens (tertiary/aromatic N) is 2. The SMILES string of the molecule is CCCCCCCc1cnc(-c2ccc(OC(=O)C(C)COCCC)cc2)cn1. The molecule has 1 aromatic heterocycles. The van der Waals surface area contributed by atoms with Gasteiger partial charge in [-0.15, -0.1) is 0 Å². The lowest BCUT2D eigenvalue weighted by Crippen LogP contribution is -2.22. The van der Waals surface area contributed by atoms with Crippen molar-refractivity contribution in [2.75, 3.05) is 13.2 Å². The predicted molar refractivity (Wildman–Crippen MR) is 116 cm³/mol. The van der Waals surface area contributed by atoms with E-state index in [2.05, 4.69) is 16.9 Å².